The predicted octanol–water partition coefficient (Wildman–Crippen LogP) is 7.72. The highest BCUT2D eigenvalue weighted by molar-refractivity contribution is 5.27. The zero-order chi connectivity index (χ0) is 17.3. The first kappa shape index (κ1) is 21.1. The van der Waals surface area contributed by atoms with E-state index >= 15 is 0 Å². The molecule has 24 heavy (non-hydrogen) atoms. The summed E-state index contributed by atoms with van der Waals surface area (Å²) >= 11 is 0. The summed E-state index contributed by atoms with van der Waals surface area (Å²) in [5, 5.41) is 0. The Labute approximate surface area is 151 Å². The molecule has 0 spiro atoms. The predicted molar refractivity (Wildman–Crippen MR) is 107 cm³/mol. The topological polar surface area (TPSA) is 9.23 Å². The van der Waals surface area contributed by atoms with Crippen LogP contribution in [0.15, 0.2) is 24.3 Å². The van der Waals surface area contributed by atoms with E-state index in [-0.39, 0.29) is 0 Å². The Morgan fingerprint density at radius 2 is 1.04 bits per heavy atom. The first-order valence-electron chi connectivity index (χ1n) is 10.6. The normalized spacial score (nSPS) is 10.9. The van der Waals surface area contributed by atoms with Crippen LogP contribution in [0.2, 0.25) is 0 Å². The van der Waals surface area contributed by atoms with Gasteiger partial charge >= 0.3 is 0 Å². The molecule has 0 aliphatic rings. The Morgan fingerprint density at radius 1 is 0.583 bits per heavy atom. The summed E-state index contributed by atoms with van der Waals surface area (Å²) in [5.41, 5.74) is 1.45. The number of benzene rings is 1. The molecule has 0 atom stereocenters. The Bertz CT molecular complexity index is 368. The lowest BCUT2D eigenvalue weighted by molar-refractivity contribution is 0.340. The minimum Gasteiger partial charge on any atom is -0.494 e. The Balaban J connectivity index is 1.85. The fourth-order valence-corrected chi connectivity index (χ4v) is 3.27. The molecule has 1 rings (SSSR count). The van der Waals surface area contributed by atoms with Gasteiger partial charge in [-0.1, -0.05) is 96.1 Å². The van der Waals surface area contributed by atoms with E-state index in [1.54, 1.807) is 0 Å². The van der Waals surface area contributed by atoms with Crippen LogP contribution in [-0.2, 0) is 6.42 Å². The van der Waals surface area contributed by atoms with Crippen molar-refractivity contribution >= 4 is 0 Å². The monoisotopic (exact) mass is 332 g/mol. The van der Waals surface area contributed by atoms with Gasteiger partial charge in [-0.2, -0.15) is 0 Å². The maximum Gasteiger partial charge on any atom is 0.119 e. The molecule has 138 valence electrons. The van der Waals surface area contributed by atoms with E-state index < -0.39 is 0 Å². The van der Waals surface area contributed by atoms with E-state index in [9.17, 15) is 0 Å². The maximum atomic E-state index is 5.48. The van der Waals surface area contributed by atoms with Crippen LogP contribution < -0.4 is 4.74 Å². The number of hydrogen-bond donors (Lipinski definition) is 0. The van der Waals surface area contributed by atoms with Crippen molar-refractivity contribution in [3.63, 3.8) is 0 Å². The van der Waals surface area contributed by atoms with Gasteiger partial charge in [-0.15, -0.1) is 0 Å². The molecule has 1 nitrogen and oxygen atoms in total. The first-order valence-corrected chi connectivity index (χ1v) is 10.6. The second kappa shape index (κ2) is 15.5. The van der Waals surface area contributed by atoms with Crippen LogP contribution in [0.1, 0.15) is 103 Å². The van der Waals surface area contributed by atoms with Gasteiger partial charge in [0, 0.05) is 0 Å². The van der Waals surface area contributed by atoms with Crippen molar-refractivity contribution in [2.45, 2.75) is 104 Å². The minimum absolute atomic E-state index is 0.748. The third-order valence-corrected chi connectivity index (χ3v) is 4.80. The molecule has 0 fully saturated rings. The highest BCUT2D eigenvalue weighted by Gasteiger charge is 1.97. The molecule has 0 aliphatic carbocycles. The van der Waals surface area contributed by atoms with E-state index in [1.807, 2.05) is 6.92 Å². The fourth-order valence-electron chi connectivity index (χ4n) is 3.27. The van der Waals surface area contributed by atoms with Gasteiger partial charge in [0.25, 0.3) is 0 Å². The molecule has 1 aromatic rings. The fraction of sp³-hybridized carbons (Fsp3) is 0.739. The Hall–Kier alpha value is -0.980. The standard InChI is InChI=1S/C23H40O/c1-3-5-6-7-8-9-10-11-12-13-14-15-16-17-22-18-20-23(21-19-22)24-4-2/h18-21H,3-17H2,1-2H3. The average Bonchev–Trinajstić information content (AvgIpc) is 2.60. The van der Waals surface area contributed by atoms with Crippen LogP contribution in [-0.4, -0.2) is 6.61 Å². The van der Waals surface area contributed by atoms with Crippen molar-refractivity contribution in [2.24, 2.45) is 0 Å². The lowest BCUT2D eigenvalue weighted by Gasteiger charge is -2.05. The summed E-state index contributed by atoms with van der Waals surface area (Å²) in [6.07, 6.45) is 19.7. The minimum atomic E-state index is 0.748. The van der Waals surface area contributed by atoms with Gasteiger partial charge in [0.2, 0.25) is 0 Å². The van der Waals surface area contributed by atoms with Crippen LogP contribution in [0.4, 0.5) is 0 Å². The largest absolute Gasteiger partial charge is 0.494 e. The van der Waals surface area contributed by atoms with Gasteiger partial charge in [0.1, 0.15) is 5.75 Å². The van der Waals surface area contributed by atoms with Gasteiger partial charge in [-0.25, -0.2) is 0 Å². The van der Waals surface area contributed by atoms with Crippen molar-refractivity contribution in [1.29, 1.82) is 0 Å². The summed E-state index contributed by atoms with van der Waals surface area (Å²) in [5.74, 6) is 0.992. The van der Waals surface area contributed by atoms with Crippen molar-refractivity contribution < 1.29 is 4.74 Å². The van der Waals surface area contributed by atoms with Crippen molar-refractivity contribution in [1.82, 2.24) is 0 Å². The molecule has 1 heteroatoms. The molecule has 0 heterocycles. The Morgan fingerprint density at radius 3 is 1.50 bits per heavy atom. The van der Waals surface area contributed by atoms with Crippen LogP contribution in [0.5, 0.6) is 5.75 Å². The number of aryl methyl sites for hydroxylation is 1. The SMILES string of the molecule is CCCCCCCCCCCCCCCc1ccc(OCC)cc1. The van der Waals surface area contributed by atoms with Crippen LogP contribution in [0.25, 0.3) is 0 Å². The highest BCUT2D eigenvalue weighted by Crippen LogP contribution is 2.16. The van der Waals surface area contributed by atoms with Crippen molar-refractivity contribution in [3.8, 4) is 5.75 Å². The second-order valence-electron chi connectivity index (χ2n) is 7.07. The molecule has 0 saturated carbocycles. The lowest BCUT2D eigenvalue weighted by Crippen LogP contribution is -1.92. The van der Waals surface area contributed by atoms with Crippen molar-refractivity contribution in [2.75, 3.05) is 6.61 Å². The number of hydrogen-bond acceptors (Lipinski definition) is 1. The highest BCUT2D eigenvalue weighted by atomic mass is 16.5. The second-order valence-corrected chi connectivity index (χ2v) is 7.07. The molecular weight excluding hydrogens is 292 g/mol. The van der Waals surface area contributed by atoms with Crippen LogP contribution in [0.3, 0.4) is 0 Å². The molecule has 0 radical (unpaired) electrons. The molecule has 0 saturated heterocycles. The third kappa shape index (κ3) is 11.5. The summed E-state index contributed by atoms with van der Waals surface area (Å²) in [6.45, 7) is 5.07. The summed E-state index contributed by atoms with van der Waals surface area (Å²) < 4.78 is 5.48. The molecule has 0 aliphatic heterocycles. The van der Waals surface area contributed by atoms with E-state index in [4.69, 9.17) is 4.74 Å². The lowest BCUT2D eigenvalue weighted by atomic mass is 10.0. The Kier molecular flexibility index (Phi) is 13.6. The van der Waals surface area contributed by atoms with E-state index in [1.165, 1.54) is 95.5 Å². The average molecular weight is 333 g/mol. The molecule has 0 aromatic heterocycles. The van der Waals surface area contributed by atoms with Gasteiger partial charge in [-0.3, -0.25) is 0 Å². The molecule has 0 unspecified atom stereocenters. The van der Waals surface area contributed by atoms with E-state index in [0.717, 1.165) is 12.4 Å². The smallest absolute Gasteiger partial charge is 0.119 e. The van der Waals surface area contributed by atoms with E-state index in [2.05, 4.69) is 31.2 Å². The first-order chi connectivity index (χ1) is 11.9. The van der Waals surface area contributed by atoms with Gasteiger partial charge in [0.05, 0.1) is 6.61 Å². The van der Waals surface area contributed by atoms with Gasteiger partial charge in [-0.05, 0) is 37.5 Å². The van der Waals surface area contributed by atoms with E-state index in [0.29, 0.717) is 0 Å². The zero-order valence-corrected chi connectivity index (χ0v) is 16.3. The zero-order valence-electron chi connectivity index (χ0n) is 16.3. The molecule has 0 amide bonds. The van der Waals surface area contributed by atoms with Crippen molar-refractivity contribution in [3.05, 3.63) is 29.8 Å². The molecule has 0 bridgehead atoms. The summed E-state index contributed by atoms with van der Waals surface area (Å²) in [6, 6.07) is 8.62. The van der Waals surface area contributed by atoms with Gasteiger partial charge in [0.15, 0.2) is 0 Å². The summed E-state index contributed by atoms with van der Waals surface area (Å²) in [4.78, 5) is 0. The quantitative estimate of drug-likeness (QED) is 0.281. The van der Waals surface area contributed by atoms with Crippen LogP contribution in [0, 0.1) is 0 Å². The third-order valence-electron chi connectivity index (χ3n) is 4.80. The molecule has 1 aromatic carbocycles. The summed E-state index contributed by atoms with van der Waals surface area (Å²) in [7, 11) is 0. The number of unbranched alkanes of at least 4 members (excludes halogenated alkanes) is 12. The number of ether oxygens (including phenoxy) is 1. The maximum absolute atomic E-state index is 5.48. The van der Waals surface area contributed by atoms with Crippen LogP contribution >= 0.6 is 0 Å². The number of rotatable bonds is 16. The molecular formula is C23H40O. The molecule has 0 N–H and O–H groups in total. The van der Waals surface area contributed by atoms with Gasteiger partial charge < -0.3 is 4.74 Å².